The number of hydrogen-bond donors (Lipinski definition) is 3. The Kier molecular flexibility index (Phi) is 3.62. The zero-order chi connectivity index (χ0) is 11.4. The Hall–Kier alpha value is -1.63. The normalized spacial score (nSPS) is 20.5. The molecule has 0 aromatic rings. The summed E-state index contributed by atoms with van der Waals surface area (Å²) < 4.78 is 0. The minimum Gasteiger partial charge on any atom is -0.383 e. The van der Waals surface area contributed by atoms with Gasteiger partial charge < -0.3 is 21.1 Å². The number of aliphatic hydroxyl groups is 1. The number of nitrogens with one attached hydrogen (secondary N) is 1. The van der Waals surface area contributed by atoms with Crippen molar-refractivity contribution in [3.63, 3.8) is 0 Å². The van der Waals surface area contributed by atoms with Gasteiger partial charge in [-0.05, 0) is 6.42 Å². The van der Waals surface area contributed by atoms with E-state index in [1.807, 2.05) is 0 Å². The van der Waals surface area contributed by atoms with Crippen LogP contribution in [0.5, 0.6) is 0 Å². The topological polar surface area (TPSA) is 113 Å². The van der Waals surface area contributed by atoms with E-state index in [1.54, 1.807) is 0 Å². The first kappa shape index (κ1) is 11.4. The third kappa shape index (κ3) is 3.21. The molecule has 0 radical (unpaired) electrons. The minimum absolute atomic E-state index is 0.150. The number of aliphatic hydroxyl groups excluding tert-OH is 1. The first-order chi connectivity index (χ1) is 7.00. The first-order valence-corrected chi connectivity index (χ1v) is 4.52. The second-order valence-corrected chi connectivity index (χ2v) is 3.31. The van der Waals surface area contributed by atoms with Crippen LogP contribution in [0.4, 0.5) is 0 Å². The quantitative estimate of drug-likeness (QED) is 0.469. The highest BCUT2D eigenvalue weighted by Gasteiger charge is 2.30. The predicted octanol–water partition coefficient (Wildman–Crippen LogP) is -2.82. The van der Waals surface area contributed by atoms with E-state index < -0.39 is 23.8 Å². The van der Waals surface area contributed by atoms with E-state index in [0.29, 0.717) is 13.0 Å². The van der Waals surface area contributed by atoms with Gasteiger partial charge in [0.1, 0.15) is 6.10 Å². The lowest BCUT2D eigenvalue weighted by Crippen LogP contribution is -2.42. The third-order valence-corrected chi connectivity index (χ3v) is 2.06. The molecule has 84 valence electrons. The Morgan fingerprint density at radius 1 is 1.60 bits per heavy atom. The van der Waals surface area contributed by atoms with E-state index in [4.69, 9.17) is 10.8 Å². The molecule has 1 rings (SSSR count). The molecule has 0 saturated carbocycles. The number of carbonyl (C=O) groups excluding carboxylic acids is 3. The van der Waals surface area contributed by atoms with Crippen molar-refractivity contribution in [1.29, 1.82) is 0 Å². The molecule has 0 aliphatic carbocycles. The van der Waals surface area contributed by atoms with E-state index in [0.717, 1.165) is 0 Å². The smallest absolute Gasteiger partial charge is 0.251 e. The number of rotatable bonds is 4. The fourth-order valence-electron chi connectivity index (χ4n) is 1.29. The van der Waals surface area contributed by atoms with Crippen LogP contribution in [-0.4, -0.2) is 53.5 Å². The summed E-state index contributed by atoms with van der Waals surface area (Å²) in [4.78, 5) is 33.9. The van der Waals surface area contributed by atoms with Gasteiger partial charge in [-0.1, -0.05) is 0 Å². The molecule has 1 heterocycles. The number of hydrogen-bond acceptors (Lipinski definition) is 4. The summed E-state index contributed by atoms with van der Waals surface area (Å²) in [5.74, 6) is -1.56. The van der Waals surface area contributed by atoms with Crippen molar-refractivity contribution < 1.29 is 19.5 Å². The maximum Gasteiger partial charge on any atom is 0.251 e. The molecular weight excluding hydrogens is 202 g/mol. The molecular formula is C8H13N3O4. The lowest BCUT2D eigenvalue weighted by Gasteiger charge is -2.14. The van der Waals surface area contributed by atoms with Crippen molar-refractivity contribution in [2.75, 3.05) is 19.6 Å². The summed E-state index contributed by atoms with van der Waals surface area (Å²) in [6, 6.07) is 0. The van der Waals surface area contributed by atoms with Gasteiger partial charge in [-0.25, -0.2) is 0 Å². The third-order valence-electron chi connectivity index (χ3n) is 2.06. The summed E-state index contributed by atoms with van der Waals surface area (Å²) >= 11 is 0. The van der Waals surface area contributed by atoms with Gasteiger partial charge in [-0.15, -0.1) is 0 Å². The maximum atomic E-state index is 11.2. The predicted molar refractivity (Wildman–Crippen MR) is 49.4 cm³/mol. The summed E-state index contributed by atoms with van der Waals surface area (Å²) in [5, 5.41) is 11.4. The van der Waals surface area contributed by atoms with Crippen molar-refractivity contribution in [2.24, 2.45) is 5.73 Å². The first-order valence-electron chi connectivity index (χ1n) is 4.52. The minimum atomic E-state index is -1.01. The number of amides is 3. The molecule has 0 aromatic carbocycles. The van der Waals surface area contributed by atoms with Crippen LogP contribution in [0, 0.1) is 0 Å². The molecule has 4 N–H and O–H groups in total. The van der Waals surface area contributed by atoms with E-state index in [9.17, 15) is 14.4 Å². The van der Waals surface area contributed by atoms with Crippen molar-refractivity contribution in [1.82, 2.24) is 10.2 Å². The monoisotopic (exact) mass is 215 g/mol. The van der Waals surface area contributed by atoms with Gasteiger partial charge in [-0.2, -0.15) is 0 Å². The largest absolute Gasteiger partial charge is 0.383 e. The van der Waals surface area contributed by atoms with E-state index in [-0.39, 0.29) is 13.1 Å². The molecule has 0 aromatic heterocycles. The Bertz CT molecular complexity index is 292. The van der Waals surface area contributed by atoms with Crippen LogP contribution in [0.25, 0.3) is 0 Å². The molecule has 1 aliphatic heterocycles. The van der Waals surface area contributed by atoms with Crippen LogP contribution in [0.1, 0.15) is 6.42 Å². The van der Waals surface area contributed by atoms with Crippen molar-refractivity contribution in [3.05, 3.63) is 0 Å². The highest BCUT2D eigenvalue weighted by atomic mass is 16.3. The molecule has 0 spiro atoms. The molecule has 7 heteroatoms. The van der Waals surface area contributed by atoms with Crippen LogP contribution in [0.3, 0.4) is 0 Å². The van der Waals surface area contributed by atoms with Crippen LogP contribution in [-0.2, 0) is 14.4 Å². The van der Waals surface area contributed by atoms with Gasteiger partial charge in [-0.3, -0.25) is 14.4 Å². The lowest BCUT2D eigenvalue weighted by atomic mass is 10.3. The second kappa shape index (κ2) is 4.74. The average Bonchev–Trinajstić information content (AvgIpc) is 2.47. The lowest BCUT2D eigenvalue weighted by molar-refractivity contribution is -0.138. The van der Waals surface area contributed by atoms with Crippen LogP contribution in [0.15, 0.2) is 0 Å². The zero-order valence-electron chi connectivity index (χ0n) is 8.10. The summed E-state index contributed by atoms with van der Waals surface area (Å²) in [6.07, 6.45) is -0.670. The molecule has 0 bridgehead atoms. The van der Waals surface area contributed by atoms with Gasteiger partial charge >= 0.3 is 0 Å². The molecule has 3 amide bonds. The molecule has 1 unspecified atom stereocenters. The Balaban J connectivity index is 2.32. The number of likely N-dealkylation sites (tertiary alicyclic amines) is 1. The van der Waals surface area contributed by atoms with E-state index in [2.05, 4.69) is 5.32 Å². The molecule has 1 aliphatic rings. The Morgan fingerprint density at radius 2 is 2.27 bits per heavy atom. The Morgan fingerprint density at radius 3 is 2.73 bits per heavy atom. The average molecular weight is 215 g/mol. The van der Waals surface area contributed by atoms with E-state index >= 15 is 0 Å². The standard InChI is InChI=1S/C8H13N3O4/c9-6(13)3-10-7(14)4-11-2-1-5(12)8(11)15/h5,12H,1-4H2,(H2,9,13)(H,10,14). The van der Waals surface area contributed by atoms with Crippen LogP contribution < -0.4 is 11.1 Å². The second-order valence-electron chi connectivity index (χ2n) is 3.31. The van der Waals surface area contributed by atoms with Crippen LogP contribution >= 0.6 is 0 Å². The number of primary amides is 1. The SMILES string of the molecule is NC(=O)CNC(=O)CN1CCC(O)C1=O. The van der Waals surface area contributed by atoms with Gasteiger partial charge in [0.15, 0.2) is 0 Å². The fourth-order valence-corrected chi connectivity index (χ4v) is 1.29. The van der Waals surface area contributed by atoms with Crippen molar-refractivity contribution in [2.45, 2.75) is 12.5 Å². The molecule has 1 saturated heterocycles. The summed E-state index contributed by atoms with van der Waals surface area (Å²) in [6.45, 7) is -0.0451. The van der Waals surface area contributed by atoms with E-state index in [1.165, 1.54) is 4.90 Å². The molecule has 1 fully saturated rings. The number of nitrogens with zero attached hydrogens (tertiary/aromatic N) is 1. The Labute approximate surface area is 86.2 Å². The van der Waals surface area contributed by atoms with Crippen LogP contribution in [0.2, 0.25) is 0 Å². The van der Waals surface area contributed by atoms with Crippen molar-refractivity contribution in [3.8, 4) is 0 Å². The van der Waals surface area contributed by atoms with Gasteiger partial charge in [0.05, 0.1) is 13.1 Å². The van der Waals surface area contributed by atoms with Gasteiger partial charge in [0.2, 0.25) is 11.8 Å². The molecule has 1 atom stereocenters. The van der Waals surface area contributed by atoms with Gasteiger partial charge in [0, 0.05) is 6.54 Å². The fraction of sp³-hybridized carbons (Fsp3) is 0.625. The number of carbonyl (C=O) groups is 3. The molecule has 7 nitrogen and oxygen atoms in total. The van der Waals surface area contributed by atoms with Crippen molar-refractivity contribution >= 4 is 17.7 Å². The highest BCUT2D eigenvalue weighted by molar-refractivity contribution is 5.89. The summed E-state index contributed by atoms with van der Waals surface area (Å²) in [5.41, 5.74) is 4.82. The number of nitrogens with two attached hydrogens (primary N) is 1. The summed E-state index contributed by atoms with van der Waals surface area (Å²) in [7, 11) is 0. The van der Waals surface area contributed by atoms with Gasteiger partial charge in [0.25, 0.3) is 5.91 Å². The zero-order valence-corrected chi connectivity index (χ0v) is 8.10. The maximum absolute atomic E-state index is 11.2. The molecule has 15 heavy (non-hydrogen) atoms. The highest BCUT2D eigenvalue weighted by Crippen LogP contribution is 2.09.